The van der Waals surface area contributed by atoms with Crippen LogP contribution in [-0.2, 0) is 9.59 Å². The first-order chi connectivity index (χ1) is 11.6. The van der Waals surface area contributed by atoms with Gasteiger partial charge in [-0.05, 0) is 29.3 Å². The minimum atomic E-state index is -0.394. The highest BCUT2D eigenvalue weighted by Gasteiger charge is 2.28. The second kappa shape index (κ2) is 6.54. The Morgan fingerprint density at radius 3 is 2.79 bits per heavy atom. The van der Waals surface area contributed by atoms with Gasteiger partial charge < -0.3 is 15.3 Å². The number of carbonyl (C=O) groups excluding carboxylic acids is 2. The molecule has 0 bridgehead atoms. The summed E-state index contributed by atoms with van der Waals surface area (Å²) in [5.74, 6) is -0.459. The number of fused-ring (bicyclic) bond motifs is 1. The van der Waals surface area contributed by atoms with E-state index in [0.29, 0.717) is 0 Å². The van der Waals surface area contributed by atoms with E-state index in [1.807, 2.05) is 30.3 Å². The molecule has 0 fully saturated rings. The highest BCUT2D eigenvalue weighted by Crippen LogP contribution is 2.33. The van der Waals surface area contributed by atoms with Crippen LogP contribution in [-0.4, -0.2) is 26.8 Å². The third-order valence-electron chi connectivity index (χ3n) is 3.89. The van der Waals surface area contributed by atoms with Crippen LogP contribution in [0.4, 0.5) is 5.82 Å². The third-order valence-corrected chi connectivity index (χ3v) is 3.89. The van der Waals surface area contributed by atoms with Crippen molar-refractivity contribution in [3.05, 3.63) is 59.9 Å². The molecule has 0 saturated heterocycles. The number of rotatable bonds is 3. The minimum Gasteiger partial charge on any atom is -0.504 e. The molecule has 2 amide bonds. The van der Waals surface area contributed by atoms with Gasteiger partial charge in [0.1, 0.15) is 0 Å². The van der Waals surface area contributed by atoms with Crippen LogP contribution in [0.1, 0.15) is 30.5 Å². The summed E-state index contributed by atoms with van der Waals surface area (Å²) in [7, 11) is 0. The van der Waals surface area contributed by atoms with E-state index in [9.17, 15) is 14.7 Å². The van der Waals surface area contributed by atoms with Crippen LogP contribution in [0.3, 0.4) is 0 Å². The van der Waals surface area contributed by atoms with Crippen LogP contribution < -0.4 is 5.32 Å². The zero-order valence-electron chi connectivity index (χ0n) is 13.1. The first-order valence-corrected chi connectivity index (χ1v) is 7.56. The summed E-state index contributed by atoms with van der Waals surface area (Å²) in [5.41, 5.74) is 1.89. The molecule has 2 heterocycles. The summed E-state index contributed by atoms with van der Waals surface area (Å²) < 4.78 is 0. The maximum Gasteiger partial charge on any atom is 0.228 e. The second-order valence-electron chi connectivity index (χ2n) is 5.51. The fraction of sp³-hybridized carbons (Fsp3) is 0.167. The smallest absolute Gasteiger partial charge is 0.228 e. The van der Waals surface area contributed by atoms with Crippen molar-refractivity contribution in [1.82, 2.24) is 9.88 Å². The largest absolute Gasteiger partial charge is 0.504 e. The van der Waals surface area contributed by atoms with Gasteiger partial charge in [-0.2, -0.15) is 0 Å². The molecule has 1 aliphatic rings. The average Bonchev–Trinajstić information content (AvgIpc) is 2.57. The monoisotopic (exact) mass is 323 g/mol. The maximum absolute atomic E-state index is 12.4. The van der Waals surface area contributed by atoms with Crippen molar-refractivity contribution in [2.24, 2.45) is 0 Å². The van der Waals surface area contributed by atoms with Crippen molar-refractivity contribution in [2.75, 3.05) is 5.32 Å². The minimum absolute atomic E-state index is 0.0664. The highest BCUT2D eigenvalue weighted by atomic mass is 16.3. The van der Waals surface area contributed by atoms with E-state index in [2.05, 4.69) is 10.3 Å². The number of anilines is 1. The SMILES string of the molecule is CC(=O)N1C=Cc2ccccc2[C@H]1CC(=O)Nc1ncccc1O. The number of pyridine rings is 1. The molecule has 122 valence electrons. The van der Waals surface area contributed by atoms with Gasteiger partial charge in [-0.3, -0.25) is 9.59 Å². The molecule has 0 unspecified atom stereocenters. The second-order valence-corrected chi connectivity index (χ2v) is 5.51. The summed E-state index contributed by atoms with van der Waals surface area (Å²) in [6.45, 7) is 1.47. The lowest BCUT2D eigenvalue weighted by Crippen LogP contribution is -2.33. The van der Waals surface area contributed by atoms with Gasteiger partial charge in [-0.25, -0.2) is 4.98 Å². The van der Waals surface area contributed by atoms with E-state index in [1.54, 1.807) is 17.2 Å². The van der Waals surface area contributed by atoms with E-state index in [0.717, 1.165) is 11.1 Å². The summed E-state index contributed by atoms with van der Waals surface area (Å²) in [6.07, 6.45) is 5.10. The van der Waals surface area contributed by atoms with Crippen molar-refractivity contribution < 1.29 is 14.7 Å². The standard InChI is InChI=1S/C18H17N3O3/c1-12(22)21-10-8-13-5-2-3-6-14(13)15(21)11-17(24)20-18-16(23)7-4-9-19-18/h2-10,15,23H,11H2,1H3,(H,19,20,24)/t15-/m1/s1. The molecule has 1 aromatic heterocycles. The Labute approximate surface area is 139 Å². The van der Waals surface area contributed by atoms with Crippen LogP contribution >= 0.6 is 0 Å². The Kier molecular flexibility index (Phi) is 4.29. The lowest BCUT2D eigenvalue weighted by atomic mass is 9.93. The molecule has 1 aliphatic heterocycles. The Balaban J connectivity index is 1.83. The normalized spacial score (nSPS) is 15.7. The number of benzene rings is 1. The summed E-state index contributed by atoms with van der Waals surface area (Å²) in [4.78, 5) is 29.8. The molecule has 1 atom stereocenters. The van der Waals surface area contributed by atoms with Crippen molar-refractivity contribution in [3.63, 3.8) is 0 Å². The van der Waals surface area contributed by atoms with Gasteiger partial charge in [0.15, 0.2) is 11.6 Å². The molecule has 6 nitrogen and oxygen atoms in total. The third kappa shape index (κ3) is 3.12. The van der Waals surface area contributed by atoms with Gasteiger partial charge in [0.2, 0.25) is 11.8 Å². The average molecular weight is 323 g/mol. The fourth-order valence-electron chi connectivity index (χ4n) is 2.77. The molecule has 6 heteroatoms. The van der Waals surface area contributed by atoms with Gasteiger partial charge in [0.25, 0.3) is 0 Å². The number of hydrogen-bond donors (Lipinski definition) is 2. The van der Waals surface area contributed by atoms with Gasteiger partial charge in [0, 0.05) is 19.3 Å². The number of aromatic hydroxyl groups is 1. The topological polar surface area (TPSA) is 82.5 Å². The summed E-state index contributed by atoms with van der Waals surface area (Å²) in [6, 6.07) is 10.3. The molecule has 2 N–H and O–H groups in total. The first kappa shape index (κ1) is 15.7. The summed E-state index contributed by atoms with van der Waals surface area (Å²) in [5, 5.41) is 12.3. The molecule has 0 spiro atoms. The van der Waals surface area contributed by atoms with Crippen LogP contribution in [0.15, 0.2) is 48.8 Å². The van der Waals surface area contributed by atoms with Gasteiger partial charge >= 0.3 is 0 Å². The van der Waals surface area contributed by atoms with Crippen LogP contribution in [0.25, 0.3) is 6.08 Å². The molecular formula is C18H17N3O3. The van der Waals surface area contributed by atoms with Gasteiger partial charge in [0.05, 0.1) is 12.5 Å². The lowest BCUT2D eigenvalue weighted by molar-refractivity contribution is -0.129. The lowest BCUT2D eigenvalue weighted by Gasteiger charge is -2.32. The number of hydrogen-bond acceptors (Lipinski definition) is 4. The number of aromatic nitrogens is 1. The molecular weight excluding hydrogens is 306 g/mol. The molecule has 0 aliphatic carbocycles. The first-order valence-electron chi connectivity index (χ1n) is 7.56. The van der Waals surface area contributed by atoms with E-state index in [1.165, 1.54) is 19.2 Å². The molecule has 3 rings (SSSR count). The Morgan fingerprint density at radius 2 is 2.04 bits per heavy atom. The van der Waals surface area contributed by atoms with Crippen molar-refractivity contribution >= 4 is 23.7 Å². The predicted octanol–water partition coefficient (Wildman–Crippen LogP) is 2.69. The quantitative estimate of drug-likeness (QED) is 0.910. The fourth-order valence-corrected chi connectivity index (χ4v) is 2.77. The van der Waals surface area contributed by atoms with E-state index in [-0.39, 0.29) is 29.8 Å². The van der Waals surface area contributed by atoms with Crippen molar-refractivity contribution in [2.45, 2.75) is 19.4 Å². The molecule has 1 aromatic carbocycles. The van der Waals surface area contributed by atoms with Gasteiger partial charge in [-0.15, -0.1) is 0 Å². The Bertz CT molecular complexity index is 817. The van der Waals surface area contributed by atoms with E-state index >= 15 is 0 Å². The molecule has 2 aromatic rings. The van der Waals surface area contributed by atoms with Gasteiger partial charge in [-0.1, -0.05) is 24.3 Å². The molecule has 24 heavy (non-hydrogen) atoms. The van der Waals surface area contributed by atoms with Crippen LogP contribution in [0.5, 0.6) is 5.75 Å². The zero-order chi connectivity index (χ0) is 17.1. The molecule has 0 radical (unpaired) electrons. The zero-order valence-corrected chi connectivity index (χ0v) is 13.1. The Hall–Kier alpha value is -3.15. The van der Waals surface area contributed by atoms with Crippen molar-refractivity contribution in [3.8, 4) is 5.75 Å². The number of nitrogens with zero attached hydrogens (tertiary/aromatic N) is 2. The van der Waals surface area contributed by atoms with E-state index < -0.39 is 6.04 Å². The number of nitrogens with one attached hydrogen (secondary N) is 1. The van der Waals surface area contributed by atoms with Crippen LogP contribution in [0, 0.1) is 0 Å². The maximum atomic E-state index is 12.4. The number of amides is 2. The highest BCUT2D eigenvalue weighted by molar-refractivity contribution is 5.92. The molecule has 0 saturated carbocycles. The number of carbonyl (C=O) groups is 2. The Morgan fingerprint density at radius 1 is 1.25 bits per heavy atom. The van der Waals surface area contributed by atoms with E-state index in [4.69, 9.17) is 0 Å². The predicted molar refractivity (Wildman–Crippen MR) is 89.9 cm³/mol. The van der Waals surface area contributed by atoms with Crippen LogP contribution in [0.2, 0.25) is 0 Å². The summed E-state index contributed by atoms with van der Waals surface area (Å²) >= 11 is 0. The van der Waals surface area contributed by atoms with Crippen molar-refractivity contribution in [1.29, 1.82) is 0 Å².